The Balaban J connectivity index is 1.50. The minimum absolute atomic E-state index is 0.190. The van der Waals surface area contributed by atoms with Gasteiger partial charge in [-0.1, -0.05) is 34.4 Å². The van der Waals surface area contributed by atoms with Crippen LogP contribution in [0.3, 0.4) is 0 Å². The Labute approximate surface area is 178 Å². The number of ether oxygens (including phenoxy) is 1. The molecule has 2 aromatic carbocycles. The van der Waals surface area contributed by atoms with E-state index >= 15 is 0 Å². The molecule has 0 saturated carbocycles. The number of carbonyl (C=O) groups excluding carboxylic acids is 1. The van der Waals surface area contributed by atoms with Crippen LogP contribution in [-0.2, 0) is 9.63 Å². The van der Waals surface area contributed by atoms with Gasteiger partial charge in [0.1, 0.15) is 17.3 Å². The molecule has 8 heteroatoms. The number of fused-ring (bicyclic) bond motifs is 1. The molecular weight excluding hydrogens is 418 g/mol. The molecule has 0 aliphatic carbocycles. The van der Waals surface area contributed by atoms with Gasteiger partial charge in [-0.15, -0.1) is 0 Å². The molecule has 0 radical (unpaired) electrons. The second-order valence-electron chi connectivity index (χ2n) is 7.60. The summed E-state index contributed by atoms with van der Waals surface area (Å²) in [6.45, 7) is 4.11. The Morgan fingerprint density at radius 2 is 1.93 bits per heavy atom. The lowest BCUT2D eigenvalue weighted by Gasteiger charge is -2.30. The van der Waals surface area contributed by atoms with Crippen molar-refractivity contribution in [3.05, 3.63) is 63.9 Å². The van der Waals surface area contributed by atoms with E-state index in [0.29, 0.717) is 29.6 Å². The second kappa shape index (κ2) is 7.50. The van der Waals surface area contributed by atoms with E-state index in [-0.39, 0.29) is 28.5 Å². The van der Waals surface area contributed by atoms with Crippen LogP contribution in [-0.4, -0.2) is 41.3 Å². The summed E-state index contributed by atoms with van der Waals surface area (Å²) in [4.78, 5) is 20.3. The van der Waals surface area contributed by atoms with Gasteiger partial charge >= 0.3 is 0 Å². The van der Waals surface area contributed by atoms with Crippen LogP contribution in [0.5, 0.6) is 5.75 Å². The van der Waals surface area contributed by atoms with Gasteiger partial charge in [0.2, 0.25) is 0 Å². The van der Waals surface area contributed by atoms with E-state index in [2.05, 4.69) is 5.16 Å². The highest BCUT2D eigenvalue weighted by molar-refractivity contribution is 6.34. The molecule has 0 bridgehead atoms. The maximum absolute atomic E-state index is 14.3. The second-order valence-corrected chi connectivity index (χ2v) is 8.44. The summed E-state index contributed by atoms with van der Waals surface area (Å²) in [5.74, 6) is -0.357. The van der Waals surface area contributed by atoms with Crippen LogP contribution < -0.4 is 4.74 Å². The first-order chi connectivity index (χ1) is 13.8. The molecule has 5 nitrogen and oxygen atoms in total. The summed E-state index contributed by atoms with van der Waals surface area (Å²) in [6.07, 6.45) is -0.337. The van der Waals surface area contributed by atoms with Gasteiger partial charge in [0.05, 0.1) is 23.0 Å². The molecule has 0 aromatic heterocycles. The van der Waals surface area contributed by atoms with Crippen LogP contribution in [0.2, 0.25) is 10.0 Å². The first-order valence-electron chi connectivity index (χ1n) is 9.18. The number of nitrogens with zero attached hydrogens (tertiary/aromatic N) is 2. The fourth-order valence-electron chi connectivity index (χ4n) is 3.70. The Hall–Kier alpha value is -2.31. The summed E-state index contributed by atoms with van der Waals surface area (Å²) in [5, 5.41) is 4.91. The number of amides is 1. The molecule has 152 valence electrons. The van der Waals surface area contributed by atoms with Crippen molar-refractivity contribution in [2.45, 2.75) is 25.6 Å². The third-order valence-corrected chi connectivity index (χ3v) is 5.68. The molecule has 2 aliphatic rings. The van der Waals surface area contributed by atoms with Crippen molar-refractivity contribution in [1.82, 2.24) is 4.90 Å². The van der Waals surface area contributed by atoms with Crippen molar-refractivity contribution in [3.8, 4) is 5.75 Å². The quantitative estimate of drug-likeness (QED) is 0.705. The van der Waals surface area contributed by atoms with Crippen molar-refractivity contribution >= 4 is 34.8 Å². The monoisotopic (exact) mass is 436 g/mol. The van der Waals surface area contributed by atoms with E-state index in [0.717, 1.165) is 0 Å². The van der Waals surface area contributed by atoms with Crippen molar-refractivity contribution in [1.29, 1.82) is 0 Å². The molecule has 1 saturated heterocycles. The van der Waals surface area contributed by atoms with Gasteiger partial charge in [-0.2, -0.15) is 0 Å². The Bertz CT molecular complexity index is 958. The minimum Gasteiger partial charge on any atom is -0.478 e. The fourth-order valence-corrected chi connectivity index (χ4v) is 4.08. The van der Waals surface area contributed by atoms with Crippen molar-refractivity contribution < 1.29 is 18.8 Å². The molecule has 2 atom stereocenters. The standard InChI is InChI=1S/C21H19Cl2FN2O3/c1-21(2,28-13-8-6-12(22)7-9-13)20(27)26-10-14-17(11-26)29-25-19(14)18-15(23)4-3-5-16(18)24/h3-9,14,17H,10-11H2,1-2H3. The average Bonchev–Trinajstić information content (AvgIpc) is 3.24. The lowest BCUT2D eigenvalue weighted by molar-refractivity contribution is -0.144. The van der Waals surface area contributed by atoms with Gasteiger partial charge < -0.3 is 14.5 Å². The highest BCUT2D eigenvalue weighted by Gasteiger charge is 2.48. The van der Waals surface area contributed by atoms with Gasteiger partial charge in [0.25, 0.3) is 5.91 Å². The predicted molar refractivity (Wildman–Crippen MR) is 109 cm³/mol. The van der Waals surface area contributed by atoms with Crippen LogP contribution in [0.25, 0.3) is 0 Å². The Morgan fingerprint density at radius 3 is 2.62 bits per heavy atom. The van der Waals surface area contributed by atoms with Crippen molar-refractivity contribution in [2.75, 3.05) is 13.1 Å². The maximum atomic E-state index is 14.3. The van der Waals surface area contributed by atoms with Gasteiger partial charge in [-0.25, -0.2) is 4.39 Å². The zero-order valence-corrected chi connectivity index (χ0v) is 17.4. The lowest BCUT2D eigenvalue weighted by atomic mass is 9.94. The zero-order chi connectivity index (χ0) is 20.8. The third kappa shape index (κ3) is 3.79. The first-order valence-corrected chi connectivity index (χ1v) is 9.94. The van der Waals surface area contributed by atoms with E-state index in [1.165, 1.54) is 12.1 Å². The molecular formula is C21H19Cl2FN2O3. The van der Waals surface area contributed by atoms with Crippen LogP contribution in [0.4, 0.5) is 4.39 Å². The summed E-state index contributed by atoms with van der Waals surface area (Å²) in [7, 11) is 0. The number of likely N-dealkylation sites (tertiary alicyclic amines) is 1. The van der Waals surface area contributed by atoms with E-state index in [1.54, 1.807) is 49.1 Å². The highest BCUT2D eigenvalue weighted by atomic mass is 35.5. The largest absolute Gasteiger partial charge is 0.478 e. The Morgan fingerprint density at radius 1 is 1.21 bits per heavy atom. The van der Waals surface area contributed by atoms with Crippen molar-refractivity contribution in [3.63, 3.8) is 0 Å². The number of benzene rings is 2. The number of halogens is 3. The SMILES string of the molecule is CC(C)(Oc1ccc(Cl)cc1)C(=O)N1CC2ON=C(c3c(F)cccc3Cl)C2C1. The topological polar surface area (TPSA) is 51.1 Å². The molecule has 2 unspecified atom stereocenters. The summed E-state index contributed by atoms with van der Waals surface area (Å²) in [6, 6.07) is 11.3. The number of hydrogen-bond acceptors (Lipinski definition) is 4. The number of rotatable bonds is 4. The molecule has 4 rings (SSSR count). The summed E-state index contributed by atoms with van der Waals surface area (Å²) in [5.41, 5.74) is -0.433. The minimum atomic E-state index is -1.10. The highest BCUT2D eigenvalue weighted by Crippen LogP contribution is 2.35. The van der Waals surface area contributed by atoms with Gasteiger partial charge in [0.15, 0.2) is 11.7 Å². The predicted octanol–water partition coefficient (Wildman–Crippen LogP) is 4.55. The molecule has 2 aliphatic heterocycles. The molecule has 29 heavy (non-hydrogen) atoms. The van der Waals surface area contributed by atoms with Gasteiger partial charge in [-0.05, 0) is 50.2 Å². The van der Waals surface area contributed by atoms with Crippen LogP contribution in [0.1, 0.15) is 19.4 Å². The molecule has 2 heterocycles. The van der Waals surface area contributed by atoms with Crippen LogP contribution in [0.15, 0.2) is 47.6 Å². The molecule has 0 spiro atoms. The van der Waals surface area contributed by atoms with Crippen LogP contribution in [0, 0.1) is 11.7 Å². The summed E-state index contributed by atoms with van der Waals surface area (Å²) >= 11 is 12.1. The maximum Gasteiger partial charge on any atom is 0.266 e. The first kappa shape index (κ1) is 20.0. The number of oxime groups is 1. The number of carbonyl (C=O) groups is 1. The summed E-state index contributed by atoms with van der Waals surface area (Å²) < 4.78 is 20.2. The normalized spacial score (nSPS) is 20.9. The van der Waals surface area contributed by atoms with Crippen molar-refractivity contribution in [2.24, 2.45) is 11.1 Å². The van der Waals surface area contributed by atoms with E-state index in [9.17, 15) is 9.18 Å². The van der Waals surface area contributed by atoms with Crippen LogP contribution >= 0.6 is 23.2 Å². The van der Waals surface area contributed by atoms with Gasteiger partial charge in [0, 0.05) is 11.6 Å². The van der Waals surface area contributed by atoms with E-state index < -0.39 is 11.4 Å². The lowest BCUT2D eigenvalue weighted by Crippen LogP contribution is -2.48. The zero-order valence-electron chi connectivity index (χ0n) is 15.9. The van der Waals surface area contributed by atoms with E-state index in [4.69, 9.17) is 32.8 Å². The fraction of sp³-hybridized carbons (Fsp3) is 0.333. The molecule has 0 N–H and O–H groups in total. The molecule has 1 amide bonds. The van der Waals surface area contributed by atoms with E-state index in [1.807, 2.05) is 0 Å². The average molecular weight is 437 g/mol. The Kier molecular flexibility index (Phi) is 5.17. The number of hydrogen-bond donors (Lipinski definition) is 0. The molecule has 1 fully saturated rings. The molecule has 2 aromatic rings. The van der Waals surface area contributed by atoms with Gasteiger partial charge in [-0.3, -0.25) is 4.79 Å². The third-order valence-electron chi connectivity index (χ3n) is 5.11. The smallest absolute Gasteiger partial charge is 0.266 e.